The van der Waals surface area contributed by atoms with Crippen molar-refractivity contribution in [3.05, 3.63) is 197 Å². The van der Waals surface area contributed by atoms with Gasteiger partial charge in [0.05, 0.1) is 70.8 Å². The van der Waals surface area contributed by atoms with Gasteiger partial charge in [-0.25, -0.2) is 33.6 Å². The summed E-state index contributed by atoms with van der Waals surface area (Å²) in [6.07, 6.45) is 1.91. The first-order valence-corrected chi connectivity index (χ1v) is 24.7. The monoisotopic (exact) mass is 1060 g/mol. The third-order valence-electron chi connectivity index (χ3n) is 11.3. The second-order valence-corrected chi connectivity index (χ2v) is 17.6. The molecule has 0 amide bonds. The van der Waals surface area contributed by atoms with Crippen LogP contribution in [0.3, 0.4) is 0 Å². The zero-order chi connectivity index (χ0) is 56.9. The van der Waals surface area contributed by atoms with Gasteiger partial charge in [0.15, 0.2) is 0 Å². The van der Waals surface area contributed by atoms with Crippen molar-refractivity contribution in [3.8, 4) is 0 Å². The van der Waals surface area contributed by atoms with E-state index in [1.807, 2.05) is 35.2 Å². The zero-order valence-corrected chi connectivity index (χ0v) is 44.4. The van der Waals surface area contributed by atoms with E-state index in [2.05, 4.69) is 19.7 Å². The summed E-state index contributed by atoms with van der Waals surface area (Å²) in [5.41, 5.74) is 4.30. The molecular formula is C61H61NO16. The Morgan fingerprint density at radius 3 is 1.00 bits per heavy atom. The molecule has 0 saturated heterocycles. The van der Waals surface area contributed by atoms with Crippen LogP contribution in [0.2, 0.25) is 0 Å². The van der Waals surface area contributed by atoms with E-state index in [0.717, 1.165) is 5.56 Å². The van der Waals surface area contributed by atoms with Gasteiger partial charge in [-0.2, -0.15) is 0 Å². The average molecular weight is 1060 g/mol. The molecule has 17 nitrogen and oxygen atoms in total. The van der Waals surface area contributed by atoms with Gasteiger partial charge in [-0.1, -0.05) is 56.1 Å². The van der Waals surface area contributed by atoms with E-state index in [0.29, 0.717) is 33.8 Å². The van der Waals surface area contributed by atoms with Crippen LogP contribution in [0.1, 0.15) is 99.7 Å². The number of esters is 8. The van der Waals surface area contributed by atoms with Crippen LogP contribution in [0, 0.1) is 5.41 Å². The smallest absolute Gasteiger partial charge is 0.338 e. The lowest BCUT2D eigenvalue weighted by Crippen LogP contribution is -2.32. The lowest BCUT2D eigenvalue weighted by atomic mass is 9.94. The third kappa shape index (κ3) is 16.6. The molecule has 5 aromatic rings. The molecule has 78 heavy (non-hydrogen) atoms. The molecule has 0 aliphatic rings. The number of carbonyl (C=O) groups excluding carboxylic acids is 8. The average Bonchev–Trinajstić information content (AvgIpc) is 3.51. The van der Waals surface area contributed by atoms with E-state index >= 15 is 0 Å². The Balaban J connectivity index is 1.50. The molecule has 5 aromatic carbocycles. The highest BCUT2D eigenvalue weighted by Crippen LogP contribution is 2.36. The maximum atomic E-state index is 13.2. The van der Waals surface area contributed by atoms with E-state index in [-0.39, 0.29) is 91.8 Å². The van der Waals surface area contributed by atoms with Crippen molar-refractivity contribution in [2.75, 3.05) is 57.8 Å². The second kappa shape index (κ2) is 28.5. The summed E-state index contributed by atoms with van der Waals surface area (Å²) < 4.78 is 41.4. The normalized spacial score (nSPS) is 11.0. The maximum Gasteiger partial charge on any atom is 0.338 e. The lowest BCUT2D eigenvalue weighted by molar-refractivity contribution is -0.155. The molecule has 0 bridgehead atoms. The number of hydrogen-bond donors (Lipinski definition) is 0. The summed E-state index contributed by atoms with van der Waals surface area (Å²) in [7, 11) is 0. The fourth-order valence-electron chi connectivity index (χ4n) is 7.03. The Hall–Kier alpha value is -9.38. The van der Waals surface area contributed by atoms with Crippen molar-refractivity contribution in [1.29, 1.82) is 0 Å². The fourth-order valence-corrected chi connectivity index (χ4v) is 7.03. The van der Waals surface area contributed by atoms with Gasteiger partial charge in [0, 0.05) is 17.1 Å². The first-order valence-electron chi connectivity index (χ1n) is 24.7. The molecule has 5 rings (SSSR count). The Labute approximate surface area is 452 Å². The Bertz CT molecular complexity index is 2950. The van der Waals surface area contributed by atoms with E-state index in [4.69, 9.17) is 37.9 Å². The van der Waals surface area contributed by atoms with Crippen LogP contribution < -0.4 is 4.90 Å². The Kier molecular flexibility index (Phi) is 21.7. The molecule has 0 spiro atoms. The maximum absolute atomic E-state index is 13.2. The summed E-state index contributed by atoms with van der Waals surface area (Å²) in [4.78, 5) is 103. The van der Waals surface area contributed by atoms with Crippen LogP contribution in [-0.4, -0.2) is 101 Å². The Morgan fingerprint density at radius 1 is 0.397 bits per heavy atom. The molecule has 0 fully saturated rings. The quantitative estimate of drug-likeness (QED) is 0.0218. The number of hydrogen-bond acceptors (Lipinski definition) is 17. The van der Waals surface area contributed by atoms with Gasteiger partial charge in [0.25, 0.3) is 0 Å². The second-order valence-electron chi connectivity index (χ2n) is 17.6. The topological polar surface area (TPSA) is 214 Å². The van der Waals surface area contributed by atoms with Crippen LogP contribution in [-0.2, 0) is 57.1 Å². The van der Waals surface area contributed by atoms with Crippen LogP contribution in [0.25, 0.3) is 11.6 Å². The van der Waals surface area contributed by atoms with Gasteiger partial charge < -0.3 is 42.8 Å². The van der Waals surface area contributed by atoms with Crippen molar-refractivity contribution in [3.63, 3.8) is 0 Å². The van der Waals surface area contributed by atoms with Gasteiger partial charge in [0.2, 0.25) is 0 Å². The molecule has 0 radical (unpaired) electrons. The summed E-state index contributed by atoms with van der Waals surface area (Å²) in [5.74, 6) is -5.25. The summed E-state index contributed by atoms with van der Waals surface area (Å²) in [5, 5.41) is 0. The highest BCUT2D eigenvalue weighted by Gasteiger charge is 2.31. The van der Waals surface area contributed by atoms with Crippen LogP contribution in [0.15, 0.2) is 158 Å². The van der Waals surface area contributed by atoms with E-state index in [1.54, 1.807) is 139 Å². The van der Waals surface area contributed by atoms with E-state index < -0.39 is 53.2 Å². The fraction of sp³-hybridized carbons (Fsp3) is 0.246. The van der Waals surface area contributed by atoms with Crippen molar-refractivity contribution in [1.82, 2.24) is 0 Å². The number of ether oxygens (including phenoxy) is 8. The molecule has 0 atom stereocenters. The number of anilines is 3. The van der Waals surface area contributed by atoms with E-state index in [1.165, 1.54) is 0 Å². The van der Waals surface area contributed by atoms with Gasteiger partial charge >= 0.3 is 47.8 Å². The van der Waals surface area contributed by atoms with Crippen molar-refractivity contribution in [2.45, 2.75) is 41.5 Å². The van der Waals surface area contributed by atoms with Crippen LogP contribution in [0.4, 0.5) is 17.1 Å². The lowest BCUT2D eigenvalue weighted by Gasteiger charge is -2.26. The summed E-state index contributed by atoms with van der Waals surface area (Å²) in [6, 6.07) is 33.8. The van der Waals surface area contributed by atoms with Crippen LogP contribution >= 0.6 is 0 Å². The third-order valence-corrected chi connectivity index (χ3v) is 11.3. The van der Waals surface area contributed by atoms with Crippen LogP contribution in [0.5, 0.6) is 0 Å². The molecule has 0 aliphatic heterocycles. The highest BCUT2D eigenvalue weighted by molar-refractivity contribution is 5.97. The number of carbonyl (C=O) groups is 8. The zero-order valence-electron chi connectivity index (χ0n) is 44.4. The first kappa shape index (κ1) is 59.5. The van der Waals surface area contributed by atoms with Crippen molar-refractivity contribution < 1.29 is 76.3 Å². The first-order chi connectivity index (χ1) is 37.3. The van der Waals surface area contributed by atoms with Crippen molar-refractivity contribution in [2.24, 2.45) is 5.41 Å². The summed E-state index contributed by atoms with van der Waals surface area (Å²) >= 11 is 0. The molecule has 17 heteroatoms. The predicted molar refractivity (Wildman–Crippen MR) is 290 cm³/mol. The molecule has 406 valence electrons. The van der Waals surface area contributed by atoms with Gasteiger partial charge in [0.1, 0.15) is 26.4 Å². The number of nitrogens with zero attached hydrogens (tertiary/aromatic N) is 1. The Morgan fingerprint density at radius 2 is 0.679 bits per heavy atom. The molecular weight excluding hydrogens is 1000 g/mol. The summed E-state index contributed by atoms with van der Waals surface area (Å²) in [6.45, 7) is 20.1. The van der Waals surface area contributed by atoms with Crippen molar-refractivity contribution >= 4 is 76.5 Å². The molecule has 0 aliphatic carbocycles. The number of benzene rings is 5. The number of rotatable bonds is 26. The standard InChI is InChI=1S/C61H61NO16/c1-10-71-53(63)39(5)35-75-56(66)45-20-16-43(17-21-45)52(44-18-22-46(23-19-44)59(69)78-38-61(8,9)60(70)74-13-4)34-42-14-28-49(29-15-42)62(50-30-24-47(25-31-50)57(67)76-36-40(6)54(64)72-11-2)51-32-26-48(27-33-51)58(68)77-37-41(7)55(65)73-12-3/h14-34H,5-7,10-13,35-38H2,1-4,8-9H3/b52-34-. The van der Waals surface area contributed by atoms with Gasteiger partial charge in [-0.3, -0.25) is 4.79 Å². The molecule has 0 unspecified atom stereocenters. The molecule has 0 saturated carbocycles. The highest BCUT2D eigenvalue weighted by atomic mass is 16.6. The molecule has 0 heterocycles. The molecule has 0 aromatic heterocycles. The minimum absolute atomic E-state index is 0.0174. The predicted octanol–water partition coefficient (Wildman–Crippen LogP) is 10.3. The minimum Gasteiger partial charge on any atom is -0.465 e. The van der Waals surface area contributed by atoms with Gasteiger partial charge in [-0.15, -0.1) is 0 Å². The van der Waals surface area contributed by atoms with Gasteiger partial charge in [-0.05, 0) is 155 Å². The van der Waals surface area contributed by atoms with E-state index in [9.17, 15) is 38.4 Å². The minimum atomic E-state index is -1.07. The largest absolute Gasteiger partial charge is 0.465 e. The molecule has 0 N–H and O–H groups in total. The SMILES string of the molecule is C=C(COC(=O)c1ccc(/C(=C/c2ccc(N(c3ccc(C(=O)OCC(=C)C(=O)OCC)cc3)c3ccc(C(=O)OCC(=C)C(=O)OCC)cc3)cc2)c2ccc(C(=O)OCC(C)(C)C(=O)OCC)cc2)cc1)C(=O)OCC.